The molecule has 0 spiro atoms. The fourth-order valence-electron chi connectivity index (χ4n) is 2.61. The first kappa shape index (κ1) is 13.2. The van der Waals surface area contributed by atoms with Crippen LogP contribution in [0.15, 0.2) is 46.9 Å². The SMILES string of the molecule is CC1(c2ccccc2)COc2c(Br)cc(C(=O)O)cc21. The Hall–Kier alpha value is -1.81. The minimum Gasteiger partial charge on any atom is -0.491 e. The first-order chi connectivity index (χ1) is 9.52. The van der Waals surface area contributed by atoms with Crippen LogP contribution in [0.3, 0.4) is 0 Å². The van der Waals surface area contributed by atoms with Crippen LogP contribution in [-0.4, -0.2) is 17.7 Å². The number of hydrogen-bond donors (Lipinski definition) is 1. The van der Waals surface area contributed by atoms with E-state index in [1.807, 2.05) is 30.3 Å². The van der Waals surface area contributed by atoms with Crippen molar-refractivity contribution in [1.82, 2.24) is 0 Å². The molecule has 0 saturated heterocycles. The highest BCUT2D eigenvalue weighted by atomic mass is 79.9. The maximum atomic E-state index is 11.2. The summed E-state index contributed by atoms with van der Waals surface area (Å²) in [5.41, 5.74) is 1.97. The van der Waals surface area contributed by atoms with Crippen molar-refractivity contribution in [2.45, 2.75) is 12.3 Å². The van der Waals surface area contributed by atoms with Crippen molar-refractivity contribution >= 4 is 21.9 Å². The number of aromatic carboxylic acids is 1. The van der Waals surface area contributed by atoms with E-state index in [0.29, 0.717) is 11.1 Å². The summed E-state index contributed by atoms with van der Waals surface area (Å²) in [5.74, 6) is -0.197. The Kier molecular flexibility index (Phi) is 3.05. The van der Waals surface area contributed by atoms with Crippen molar-refractivity contribution in [2.24, 2.45) is 0 Å². The molecule has 0 saturated carbocycles. The van der Waals surface area contributed by atoms with E-state index in [4.69, 9.17) is 4.74 Å². The molecule has 2 aromatic rings. The van der Waals surface area contributed by atoms with Gasteiger partial charge in [-0.15, -0.1) is 0 Å². The summed E-state index contributed by atoms with van der Waals surface area (Å²) in [7, 11) is 0. The van der Waals surface area contributed by atoms with E-state index in [1.54, 1.807) is 12.1 Å². The van der Waals surface area contributed by atoms with Crippen LogP contribution in [0.2, 0.25) is 0 Å². The molecule has 0 aliphatic carbocycles. The zero-order valence-electron chi connectivity index (χ0n) is 10.9. The molecule has 0 fully saturated rings. The number of carboxylic acid groups (broad SMARTS) is 1. The Morgan fingerprint density at radius 3 is 2.65 bits per heavy atom. The smallest absolute Gasteiger partial charge is 0.335 e. The standard InChI is InChI=1S/C16H13BrO3/c1-16(11-5-3-2-4-6-11)9-20-14-12(16)7-10(15(18)19)8-13(14)17/h2-8H,9H2,1H3,(H,18,19). The predicted molar refractivity (Wildman–Crippen MR) is 79.5 cm³/mol. The highest BCUT2D eigenvalue weighted by Gasteiger charge is 2.39. The van der Waals surface area contributed by atoms with Crippen molar-refractivity contribution in [3.05, 3.63) is 63.6 Å². The topological polar surface area (TPSA) is 46.5 Å². The molecule has 1 aliphatic heterocycles. The number of carboxylic acids is 1. The van der Waals surface area contributed by atoms with Crippen LogP contribution in [-0.2, 0) is 5.41 Å². The summed E-state index contributed by atoms with van der Waals surface area (Å²) < 4.78 is 6.48. The van der Waals surface area contributed by atoms with E-state index in [1.165, 1.54) is 0 Å². The largest absolute Gasteiger partial charge is 0.491 e. The molecule has 2 aromatic carbocycles. The van der Waals surface area contributed by atoms with Crippen LogP contribution < -0.4 is 4.74 Å². The number of benzene rings is 2. The Bertz CT molecular complexity index is 682. The van der Waals surface area contributed by atoms with Crippen molar-refractivity contribution < 1.29 is 14.6 Å². The Balaban J connectivity index is 2.21. The molecule has 1 unspecified atom stereocenters. The highest BCUT2D eigenvalue weighted by molar-refractivity contribution is 9.10. The van der Waals surface area contributed by atoms with Gasteiger partial charge in [0.05, 0.1) is 15.5 Å². The van der Waals surface area contributed by atoms with E-state index in [2.05, 4.69) is 22.9 Å². The van der Waals surface area contributed by atoms with Crippen molar-refractivity contribution in [3.63, 3.8) is 0 Å². The molecule has 3 rings (SSSR count). The van der Waals surface area contributed by atoms with Crippen LogP contribution in [0.1, 0.15) is 28.4 Å². The monoisotopic (exact) mass is 332 g/mol. The van der Waals surface area contributed by atoms with E-state index in [0.717, 1.165) is 16.9 Å². The van der Waals surface area contributed by atoms with Crippen molar-refractivity contribution in [1.29, 1.82) is 0 Å². The van der Waals surface area contributed by atoms with Gasteiger partial charge < -0.3 is 9.84 Å². The third-order valence-electron chi connectivity index (χ3n) is 3.80. The van der Waals surface area contributed by atoms with Gasteiger partial charge in [-0.2, -0.15) is 0 Å². The highest BCUT2D eigenvalue weighted by Crippen LogP contribution is 2.47. The second-order valence-electron chi connectivity index (χ2n) is 5.13. The van der Waals surface area contributed by atoms with E-state index in [9.17, 15) is 9.90 Å². The van der Waals surface area contributed by atoms with E-state index in [-0.39, 0.29) is 11.0 Å². The van der Waals surface area contributed by atoms with Crippen LogP contribution in [0.5, 0.6) is 5.75 Å². The average molecular weight is 333 g/mol. The molecular weight excluding hydrogens is 320 g/mol. The molecule has 4 heteroatoms. The minimum absolute atomic E-state index is 0.267. The maximum Gasteiger partial charge on any atom is 0.335 e. The maximum absolute atomic E-state index is 11.2. The average Bonchev–Trinajstić information content (AvgIpc) is 2.79. The molecule has 0 amide bonds. The second kappa shape index (κ2) is 4.63. The molecule has 20 heavy (non-hydrogen) atoms. The first-order valence-corrected chi connectivity index (χ1v) is 7.07. The first-order valence-electron chi connectivity index (χ1n) is 6.28. The lowest BCUT2D eigenvalue weighted by Crippen LogP contribution is -2.25. The molecular formula is C16H13BrO3. The molecule has 1 aliphatic rings. The van der Waals surface area contributed by atoms with Gasteiger partial charge in [-0.3, -0.25) is 0 Å². The van der Waals surface area contributed by atoms with Gasteiger partial charge >= 0.3 is 5.97 Å². The van der Waals surface area contributed by atoms with E-state index >= 15 is 0 Å². The predicted octanol–water partition coefficient (Wildman–Crippen LogP) is 3.85. The van der Waals surface area contributed by atoms with Gasteiger partial charge in [0.2, 0.25) is 0 Å². The van der Waals surface area contributed by atoms with Crippen molar-refractivity contribution in [3.8, 4) is 5.75 Å². The summed E-state index contributed by atoms with van der Waals surface area (Å²) in [6.45, 7) is 2.58. The second-order valence-corrected chi connectivity index (χ2v) is 5.98. The lowest BCUT2D eigenvalue weighted by atomic mass is 9.77. The molecule has 1 atom stereocenters. The van der Waals surface area contributed by atoms with Crippen LogP contribution >= 0.6 is 15.9 Å². The van der Waals surface area contributed by atoms with E-state index < -0.39 is 5.97 Å². The van der Waals surface area contributed by atoms with Gasteiger partial charge in [-0.1, -0.05) is 30.3 Å². The fourth-order valence-corrected chi connectivity index (χ4v) is 3.19. The summed E-state index contributed by atoms with van der Waals surface area (Å²) >= 11 is 3.40. The third-order valence-corrected chi connectivity index (χ3v) is 4.39. The Morgan fingerprint density at radius 2 is 2.00 bits per heavy atom. The summed E-state index contributed by atoms with van der Waals surface area (Å²) in [4.78, 5) is 11.2. The lowest BCUT2D eigenvalue weighted by molar-refractivity contribution is 0.0696. The number of halogens is 1. The third kappa shape index (κ3) is 1.91. The van der Waals surface area contributed by atoms with Gasteiger partial charge in [0.15, 0.2) is 0 Å². The van der Waals surface area contributed by atoms with Crippen LogP contribution in [0.25, 0.3) is 0 Å². The molecule has 0 bridgehead atoms. The number of fused-ring (bicyclic) bond motifs is 1. The van der Waals surface area contributed by atoms with Crippen LogP contribution in [0.4, 0.5) is 0 Å². The number of hydrogen-bond acceptors (Lipinski definition) is 2. The number of rotatable bonds is 2. The molecule has 0 radical (unpaired) electrons. The fraction of sp³-hybridized carbons (Fsp3) is 0.188. The summed E-state index contributed by atoms with van der Waals surface area (Å²) in [5, 5.41) is 9.22. The molecule has 0 aromatic heterocycles. The molecule has 3 nitrogen and oxygen atoms in total. The minimum atomic E-state index is -0.934. The van der Waals surface area contributed by atoms with Gasteiger partial charge in [0, 0.05) is 5.56 Å². The zero-order chi connectivity index (χ0) is 14.3. The molecule has 102 valence electrons. The Morgan fingerprint density at radius 1 is 1.30 bits per heavy atom. The molecule has 1 N–H and O–H groups in total. The number of carbonyl (C=O) groups is 1. The Labute approximate surface area is 125 Å². The van der Waals surface area contributed by atoms with Gasteiger partial charge in [-0.05, 0) is 40.5 Å². The normalized spacial score (nSPS) is 20.3. The zero-order valence-corrected chi connectivity index (χ0v) is 12.5. The quantitative estimate of drug-likeness (QED) is 0.908. The van der Waals surface area contributed by atoms with Crippen LogP contribution in [0, 0.1) is 0 Å². The van der Waals surface area contributed by atoms with Gasteiger partial charge in [-0.25, -0.2) is 4.79 Å². The number of ether oxygens (including phenoxy) is 1. The van der Waals surface area contributed by atoms with Gasteiger partial charge in [0.25, 0.3) is 0 Å². The lowest BCUT2D eigenvalue weighted by Gasteiger charge is -2.23. The summed E-state index contributed by atoms with van der Waals surface area (Å²) in [6.07, 6.45) is 0. The molecule has 1 heterocycles. The van der Waals surface area contributed by atoms with Crippen molar-refractivity contribution in [2.75, 3.05) is 6.61 Å². The van der Waals surface area contributed by atoms with Gasteiger partial charge in [0.1, 0.15) is 12.4 Å². The summed E-state index contributed by atoms with van der Waals surface area (Å²) in [6, 6.07) is 13.3.